The number of nitrogens with one attached hydrogen (secondary N) is 1. The van der Waals surface area contributed by atoms with Crippen molar-refractivity contribution < 1.29 is 13.9 Å². The highest BCUT2D eigenvalue weighted by molar-refractivity contribution is 9.10. The quantitative estimate of drug-likeness (QED) is 0.454. The van der Waals surface area contributed by atoms with Gasteiger partial charge in [-0.05, 0) is 65.2 Å². The Kier molecular flexibility index (Phi) is 6.98. The summed E-state index contributed by atoms with van der Waals surface area (Å²) < 4.78 is 11.9. The van der Waals surface area contributed by atoms with Crippen LogP contribution in [0.25, 0.3) is 0 Å². The number of amides is 1. The molecule has 0 radical (unpaired) electrons. The molecule has 0 atom stereocenters. The van der Waals surface area contributed by atoms with Gasteiger partial charge in [-0.15, -0.1) is 10.2 Å². The Balaban J connectivity index is 1.51. The number of ether oxygens (including phenoxy) is 1. The number of hydrogen-bond donors (Lipinski definition) is 1. The van der Waals surface area contributed by atoms with Crippen LogP contribution in [0.5, 0.6) is 5.75 Å². The van der Waals surface area contributed by atoms with Gasteiger partial charge in [0.1, 0.15) is 5.75 Å². The molecule has 3 aromatic rings. The van der Waals surface area contributed by atoms with E-state index in [4.69, 9.17) is 20.8 Å². The molecular weight excluding hydrogens is 466 g/mol. The zero-order chi connectivity index (χ0) is 20.1. The summed E-state index contributed by atoms with van der Waals surface area (Å²) in [4.78, 5) is 12.2. The summed E-state index contributed by atoms with van der Waals surface area (Å²) in [5, 5.41) is 11.5. The average Bonchev–Trinajstić information content (AvgIpc) is 3.12. The van der Waals surface area contributed by atoms with Crippen LogP contribution in [0.15, 0.2) is 50.5 Å². The molecule has 0 bridgehead atoms. The molecule has 1 N–H and O–H groups in total. The van der Waals surface area contributed by atoms with Gasteiger partial charge in [0, 0.05) is 4.47 Å². The van der Waals surface area contributed by atoms with Gasteiger partial charge < -0.3 is 14.5 Å². The van der Waals surface area contributed by atoms with Crippen molar-refractivity contribution in [3.8, 4) is 5.75 Å². The average molecular weight is 483 g/mol. The molecule has 1 aromatic heterocycles. The van der Waals surface area contributed by atoms with Gasteiger partial charge >= 0.3 is 0 Å². The molecule has 0 saturated carbocycles. The molecule has 6 nitrogen and oxygen atoms in total. The number of carbonyl (C=O) groups is 1. The number of carbonyl (C=O) groups excluding carboxylic acids is 1. The van der Waals surface area contributed by atoms with Crippen LogP contribution in [0.3, 0.4) is 0 Å². The fourth-order valence-electron chi connectivity index (χ4n) is 2.25. The SMILES string of the molecule is Cc1cc(Br)c(NC(=O)CSc2nnc(COc3ccccc3Cl)o2)cc1C. The first-order valence-electron chi connectivity index (χ1n) is 8.31. The number of nitrogens with zero attached hydrogens (tertiary/aromatic N) is 2. The Bertz CT molecular complexity index is 996. The minimum atomic E-state index is -0.166. The standard InChI is InChI=1S/C19H17BrClN3O3S/c1-11-7-13(20)15(8-12(11)2)22-17(25)10-28-19-24-23-18(27-19)9-26-16-6-4-3-5-14(16)21/h3-8H,9-10H2,1-2H3,(H,22,25). The van der Waals surface area contributed by atoms with E-state index in [1.165, 1.54) is 0 Å². The summed E-state index contributed by atoms with van der Waals surface area (Å²) in [6, 6.07) is 11.0. The Morgan fingerprint density at radius 1 is 1.25 bits per heavy atom. The first-order valence-corrected chi connectivity index (χ1v) is 10.5. The largest absolute Gasteiger partial charge is 0.482 e. The molecule has 1 heterocycles. The molecule has 0 aliphatic carbocycles. The zero-order valence-corrected chi connectivity index (χ0v) is 18.3. The molecule has 146 valence electrons. The van der Waals surface area contributed by atoms with Gasteiger partial charge in [-0.2, -0.15) is 0 Å². The van der Waals surface area contributed by atoms with Crippen LogP contribution >= 0.6 is 39.3 Å². The Hall–Kier alpha value is -2.03. The molecule has 1 amide bonds. The van der Waals surface area contributed by atoms with Gasteiger partial charge in [0.25, 0.3) is 11.1 Å². The molecule has 28 heavy (non-hydrogen) atoms. The normalized spacial score (nSPS) is 10.7. The van der Waals surface area contributed by atoms with E-state index in [0.717, 1.165) is 33.0 Å². The van der Waals surface area contributed by atoms with E-state index in [-0.39, 0.29) is 18.3 Å². The smallest absolute Gasteiger partial charge is 0.277 e. The molecule has 0 spiro atoms. The third-order valence-electron chi connectivity index (χ3n) is 3.82. The van der Waals surface area contributed by atoms with E-state index in [1.54, 1.807) is 12.1 Å². The molecule has 0 fully saturated rings. The highest BCUT2D eigenvalue weighted by Gasteiger charge is 2.12. The number of thioether (sulfide) groups is 1. The van der Waals surface area contributed by atoms with Crippen molar-refractivity contribution in [3.05, 3.63) is 62.9 Å². The number of aryl methyl sites for hydroxylation is 2. The lowest BCUT2D eigenvalue weighted by atomic mass is 10.1. The van der Waals surface area contributed by atoms with E-state index in [1.807, 2.05) is 38.1 Å². The highest BCUT2D eigenvalue weighted by atomic mass is 79.9. The van der Waals surface area contributed by atoms with Gasteiger partial charge in [-0.25, -0.2) is 0 Å². The summed E-state index contributed by atoms with van der Waals surface area (Å²) in [7, 11) is 0. The van der Waals surface area contributed by atoms with Crippen LogP contribution in [0.1, 0.15) is 17.0 Å². The molecule has 0 aliphatic rings. The first kappa shape index (κ1) is 20.7. The van der Waals surface area contributed by atoms with E-state index >= 15 is 0 Å². The summed E-state index contributed by atoms with van der Waals surface area (Å²) >= 11 is 10.7. The van der Waals surface area contributed by atoms with Crippen molar-refractivity contribution in [1.82, 2.24) is 10.2 Å². The van der Waals surface area contributed by atoms with Crippen LogP contribution in [0, 0.1) is 13.8 Å². The van der Waals surface area contributed by atoms with Gasteiger partial charge in [-0.1, -0.05) is 35.5 Å². The van der Waals surface area contributed by atoms with E-state index in [9.17, 15) is 4.79 Å². The Morgan fingerprint density at radius 3 is 2.79 bits per heavy atom. The van der Waals surface area contributed by atoms with Crippen LogP contribution in [0.2, 0.25) is 5.02 Å². The molecule has 0 saturated heterocycles. The molecule has 2 aromatic carbocycles. The molecule has 0 unspecified atom stereocenters. The van der Waals surface area contributed by atoms with Gasteiger partial charge in [0.2, 0.25) is 5.91 Å². The summed E-state index contributed by atoms with van der Waals surface area (Å²) in [6.07, 6.45) is 0. The number of rotatable bonds is 7. The first-order chi connectivity index (χ1) is 13.4. The third kappa shape index (κ3) is 5.50. The minimum Gasteiger partial charge on any atom is -0.482 e. The van der Waals surface area contributed by atoms with Gasteiger partial charge in [0.15, 0.2) is 6.61 Å². The summed E-state index contributed by atoms with van der Waals surface area (Å²) in [5.74, 6) is 0.822. The fraction of sp³-hybridized carbons (Fsp3) is 0.211. The van der Waals surface area contributed by atoms with Gasteiger partial charge in [-0.3, -0.25) is 4.79 Å². The molecule has 9 heteroatoms. The van der Waals surface area contributed by atoms with Crippen molar-refractivity contribution in [3.63, 3.8) is 0 Å². The monoisotopic (exact) mass is 481 g/mol. The third-order valence-corrected chi connectivity index (χ3v) is 5.61. The highest BCUT2D eigenvalue weighted by Crippen LogP contribution is 2.27. The van der Waals surface area contributed by atoms with Crippen molar-refractivity contribution in [1.29, 1.82) is 0 Å². The molecule has 0 aliphatic heterocycles. The Morgan fingerprint density at radius 2 is 2.00 bits per heavy atom. The summed E-state index contributed by atoms with van der Waals surface area (Å²) in [5.41, 5.74) is 2.98. The number of hydrogen-bond acceptors (Lipinski definition) is 6. The maximum atomic E-state index is 12.2. The maximum absolute atomic E-state index is 12.2. The van der Waals surface area contributed by atoms with Crippen molar-refractivity contribution >= 4 is 50.9 Å². The maximum Gasteiger partial charge on any atom is 0.277 e. The van der Waals surface area contributed by atoms with E-state index in [2.05, 4.69) is 31.4 Å². The number of benzene rings is 2. The van der Waals surface area contributed by atoms with Crippen LogP contribution in [-0.4, -0.2) is 21.9 Å². The number of halogens is 2. The van der Waals surface area contributed by atoms with Crippen LogP contribution in [-0.2, 0) is 11.4 Å². The lowest BCUT2D eigenvalue weighted by molar-refractivity contribution is -0.113. The molecule has 3 rings (SSSR count). The molecular formula is C19H17BrClN3O3S. The number of aromatic nitrogens is 2. The topological polar surface area (TPSA) is 77.2 Å². The number of anilines is 1. The van der Waals surface area contributed by atoms with Crippen LogP contribution < -0.4 is 10.1 Å². The zero-order valence-electron chi connectivity index (χ0n) is 15.2. The summed E-state index contributed by atoms with van der Waals surface area (Å²) in [6.45, 7) is 4.11. The van der Waals surface area contributed by atoms with E-state index < -0.39 is 0 Å². The van der Waals surface area contributed by atoms with E-state index in [0.29, 0.717) is 21.9 Å². The van der Waals surface area contributed by atoms with Crippen molar-refractivity contribution in [2.24, 2.45) is 0 Å². The second-order valence-corrected chi connectivity index (χ2v) is 8.12. The van der Waals surface area contributed by atoms with Gasteiger partial charge in [0.05, 0.1) is 16.5 Å². The Labute approximate surface area is 180 Å². The van der Waals surface area contributed by atoms with Crippen molar-refractivity contribution in [2.45, 2.75) is 25.7 Å². The minimum absolute atomic E-state index is 0.0963. The second kappa shape index (κ2) is 9.45. The van der Waals surface area contributed by atoms with Crippen LogP contribution in [0.4, 0.5) is 5.69 Å². The predicted molar refractivity (Wildman–Crippen MR) is 113 cm³/mol. The fourth-order valence-corrected chi connectivity index (χ4v) is 3.57. The number of para-hydroxylation sites is 1. The second-order valence-electron chi connectivity index (χ2n) is 5.93. The van der Waals surface area contributed by atoms with Crippen molar-refractivity contribution in [2.75, 3.05) is 11.1 Å². The lowest BCUT2D eigenvalue weighted by Crippen LogP contribution is -2.14. The predicted octanol–water partition coefficient (Wildman–Crippen LogP) is 5.41. The lowest BCUT2D eigenvalue weighted by Gasteiger charge is -2.09.